The van der Waals surface area contributed by atoms with Gasteiger partial charge in [-0.2, -0.15) is 5.10 Å². The Morgan fingerprint density at radius 3 is 2.53 bits per heavy atom. The molecule has 6 heteroatoms. The summed E-state index contributed by atoms with van der Waals surface area (Å²) in [5.74, 6) is -2.41. The molecule has 1 aromatic carbocycles. The van der Waals surface area contributed by atoms with Crippen LogP contribution in [0.4, 0.5) is 8.78 Å². The zero-order valence-electron chi connectivity index (χ0n) is 10.4. The van der Waals surface area contributed by atoms with Gasteiger partial charge in [-0.1, -0.05) is 0 Å². The van der Waals surface area contributed by atoms with Crippen molar-refractivity contribution < 1.29 is 18.7 Å². The standard InChI is InChI=1S/C13H12F2N2O2/c1-7(2)17-12(13(18)19)6-11(16-17)9-5-8(14)3-4-10(9)15/h3-7H,1-2H3,(H,18,19). The van der Waals surface area contributed by atoms with Gasteiger partial charge in [0.05, 0.1) is 5.69 Å². The lowest BCUT2D eigenvalue weighted by Gasteiger charge is -2.07. The first kappa shape index (κ1) is 13.2. The Balaban J connectivity index is 2.60. The van der Waals surface area contributed by atoms with Crippen molar-refractivity contribution in [3.8, 4) is 11.3 Å². The Morgan fingerprint density at radius 2 is 2.00 bits per heavy atom. The maximum atomic E-state index is 13.6. The van der Waals surface area contributed by atoms with Gasteiger partial charge in [-0.3, -0.25) is 4.68 Å². The molecule has 1 heterocycles. The van der Waals surface area contributed by atoms with Crippen molar-refractivity contribution in [2.24, 2.45) is 0 Å². The second-order valence-corrected chi connectivity index (χ2v) is 4.38. The van der Waals surface area contributed by atoms with Gasteiger partial charge in [0.15, 0.2) is 0 Å². The smallest absolute Gasteiger partial charge is 0.354 e. The number of benzene rings is 1. The van der Waals surface area contributed by atoms with Crippen LogP contribution in [0.15, 0.2) is 24.3 Å². The van der Waals surface area contributed by atoms with Gasteiger partial charge in [0.1, 0.15) is 17.3 Å². The lowest BCUT2D eigenvalue weighted by Crippen LogP contribution is -2.11. The molecule has 0 aliphatic carbocycles. The zero-order valence-corrected chi connectivity index (χ0v) is 10.4. The second kappa shape index (κ2) is 4.79. The molecule has 0 saturated carbocycles. The van der Waals surface area contributed by atoms with Gasteiger partial charge in [-0.05, 0) is 38.1 Å². The van der Waals surface area contributed by atoms with E-state index in [1.165, 1.54) is 10.7 Å². The summed E-state index contributed by atoms with van der Waals surface area (Å²) in [7, 11) is 0. The topological polar surface area (TPSA) is 55.1 Å². The SMILES string of the molecule is CC(C)n1nc(-c2cc(F)ccc2F)cc1C(=O)O. The Labute approximate surface area is 108 Å². The molecule has 100 valence electrons. The van der Waals surface area contributed by atoms with E-state index < -0.39 is 17.6 Å². The Kier molecular flexibility index (Phi) is 3.33. The average Bonchev–Trinajstić information content (AvgIpc) is 2.77. The molecule has 2 rings (SSSR count). The van der Waals surface area contributed by atoms with Gasteiger partial charge in [0.25, 0.3) is 0 Å². The quantitative estimate of drug-likeness (QED) is 0.928. The monoisotopic (exact) mass is 266 g/mol. The molecule has 0 fully saturated rings. The molecule has 1 N–H and O–H groups in total. The minimum absolute atomic E-state index is 0.0538. The average molecular weight is 266 g/mol. The lowest BCUT2D eigenvalue weighted by atomic mass is 10.1. The maximum Gasteiger partial charge on any atom is 0.354 e. The van der Waals surface area contributed by atoms with Gasteiger partial charge in [0, 0.05) is 11.6 Å². The number of rotatable bonds is 3. The van der Waals surface area contributed by atoms with Crippen LogP contribution < -0.4 is 0 Å². The molecule has 0 amide bonds. The van der Waals surface area contributed by atoms with Crippen LogP contribution in [0.25, 0.3) is 11.3 Å². The van der Waals surface area contributed by atoms with Crippen LogP contribution in [0.1, 0.15) is 30.4 Å². The van der Waals surface area contributed by atoms with Crippen molar-refractivity contribution in [1.82, 2.24) is 9.78 Å². The van der Waals surface area contributed by atoms with E-state index >= 15 is 0 Å². The highest BCUT2D eigenvalue weighted by Crippen LogP contribution is 2.25. The molecule has 0 saturated heterocycles. The molecule has 0 aliphatic rings. The Bertz CT molecular complexity index is 636. The lowest BCUT2D eigenvalue weighted by molar-refractivity contribution is 0.0681. The minimum atomic E-state index is -1.16. The number of halogens is 2. The number of hydrogen-bond acceptors (Lipinski definition) is 2. The zero-order chi connectivity index (χ0) is 14.2. The molecule has 0 spiro atoms. The predicted molar refractivity (Wildman–Crippen MR) is 64.9 cm³/mol. The van der Waals surface area contributed by atoms with Crippen LogP contribution in [-0.4, -0.2) is 20.9 Å². The first-order chi connectivity index (χ1) is 8.90. The number of carbonyl (C=O) groups is 1. The van der Waals surface area contributed by atoms with E-state index in [0.29, 0.717) is 0 Å². The molecule has 4 nitrogen and oxygen atoms in total. The van der Waals surface area contributed by atoms with Gasteiger partial charge in [0.2, 0.25) is 0 Å². The molecule has 0 unspecified atom stereocenters. The first-order valence-corrected chi connectivity index (χ1v) is 5.68. The molecule has 2 aromatic rings. The molecular formula is C13H12F2N2O2. The molecule has 0 bridgehead atoms. The highest BCUT2D eigenvalue weighted by atomic mass is 19.1. The van der Waals surface area contributed by atoms with Crippen LogP contribution in [0.2, 0.25) is 0 Å². The normalized spacial score (nSPS) is 11.0. The molecular weight excluding hydrogens is 254 g/mol. The van der Waals surface area contributed by atoms with E-state index in [4.69, 9.17) is 5.11 Å². The summed E-state index contributed by atoms with van der Waals surface area (Å²) in [5, 5.41) is 13.1. The summed E-state index contributed by atoms with van der Waals surface area (Å²) in [6.07, 6.45) is 0. The van der Waals surface area contributed by atoms with Crippen molar-refractivity contribution in [1.29, 1.82) is 0 Å². The van der Waals surface area contributed by atoms with E-state index in [0.717, 1.165) is 18.2 Å². The van der Waals surface area contributed by atoms with Gasteiger partial charge < -0.3 is 5.11 Å². The van der Waals surface area contributed by atoms with Gasteiger partial charge in [-0.25, -0.2) is 13.6 Å². The summed E-state index contributed by atoms with van der Waals surface area (Å²) in [6.45, 7) is 3.51. The van der Waals surface area contributed by atoms with E-state index in [2.05, 4.69) is 5.10 Å². The summed E-state index contributed by atoms with van der Waals surface area (Å²) >= 11 is 0. The van der Waals surface area contributed by atoms with E-state index in [9.17, 15) is 13.6 Å². The molecule has 0 atom stereocenters. The minimum Gasteiger partial charge on any atom is -0.477 e. The number of aromatic carboxylic acids is 1. The van der Waals surface area contributed by atoms with Crippen LogP contribution in [0.3, 0.4) is 0 Å². The summed E-state index contributed by atoms with van der Waals surface area (Å²) in [6, 6.07) is 4.01. The summed E-state index contributed by atoms with van der Waals surface area (Å²) < 4.78 is 28.0. The third-order valence-electron chi connectivity index (χ3n) is 2.65. The molecule has 0 radical (unpaired) electrons. The second-order valence-electron chi connectivity index (χ2n) is 4.38. The Morgan fingerprint density at radius 1 is 1.32 bits per heavy atom. The van der Waals surface area contributed by atoms with Gasteiger partial charge >= 0.3 is 5.97 Å². The first-order valence-electron chi connectivity index (χ1n) is 5.68. The van der Waals surface area contributed by atoms with Crippen LogP contribution in [-0.2, 0) is 0 Å². The third-order valence-corrected chi connectivity index (χ3v) is 2.65. The largest absolute Gasteiger partial charge is 0.477 e. The van der Waals surface area contributed by atoms with Crippen molar-refractivity contribution in [2.75, 3.05) is 0 Å². The molecule has 19 heavy (non-hydrogen) atoms. The number of hydrogen-bond donors (Lipinski definition) is 1. The van der Waals surface area contributed by atoms with Crippen LogP contribution >= 0.6 is 0 Å². The highest BCUT2D eigenvalue weighted by molar-refractivity contribution is 5.87. The molecule has 0 aliphatic heterocycles. The number of carboxylic acids is 1. The van der Waals surface area contributed by atoms with E-state index in [1.807, 2.05) is 0 Å². The van der Waals surface area contributed by atoms with Crippen LogP contribution in [0, 0.1) is 11.6 Å². The van der Waals surface area contributed by atoms with Gasteiger partial charge in [-0.15, -0.1) is 0 Å². The maximum absolute atomic E-state index is 13.6. The predicted octanol–water partition coefficient (Wildman–Crippen LogP) is 3.11. The summed E-state index contributed by atoms with van der Waals surface area (Å²) in [5.41, 5.74) is -0.0151. The Hall–Kier alpha value is -2.24. The van der Waals surface area contributed by atoms with Crippen molar-refractivity contribution in [3.05, 3.63) is 41.6 Å². The fraction of sp³-hybridized carbons (Fsp3) is 0.231. The van der Waals surface area contributed by atoms with Crippen LogP contribution in [0.5, 0.6) is 0 Å². The van der Waals surface area contributed by atoms with Crippen molar-refractivity contribution >= 4 is 5.97 Å². The van der Waals surface area contributed by atoms with E-state index in [1.54, 1.807) is 13.8 Å². The number of nitrogens with zero attached hydrogens (tertiary/aromatic N) is 2. The number of aromatic nitrogens is 2. The fourth-order valence-electron chi connectivity index (χ4n) is 1.77. The van der Waals surface area contributed by atoms with Crippen molar-refractivity contribution in [2.45, 2.75) is 19.9 Å². The van der Waals surface area contributed by atoms with E-state index in [-0.39, 0.29) is 23.0 Å². The summed E-state index contributed by atoms with van der Waals surface area (Å²) in [4.78, 5) is 11.1. The third kappa shape index (κ3) is 2.47. The number of carboxylic acid groups (broad SMARTS) is 1. The fourth-order valence-corrected chi connectivity index (χ4v) is 1.77. The van der Waals surface area contributed by atoms with Crippen molar-refractivity contribution in [3.63, 3.8) is 0 Å². The highest BCUT2D eigenvalue weighted by Gasteiger charge is 2.19. The molecule has 1 aromatic heterocycles.